The van der Waals surface area contributed by atoms with Crippen molar-refractivity contribution in [1.82, 2.24) is 0 Å². The number of aliphatic hydroxyl groups excluding tert-OH is 1. The highest BCUT2D eigenvalue weighted by atomic mass is 16.3. The Morgan fingerprint density at radius 2 is 1.42 bits per heavy atom. The van der Waals surface area contributed by atoms with Crippen molar-refractivity contribution in [3.63, 3.8) is 0 Å². The van der Waals surface area contributed by atoms with Crippen LogP contribution in [0.3, 0.4) is 0 Å². The van der Waals surface area contributed by atoms with E-state index in [-0.39, 0.29) is 11.5 Å². The van der Waals surface area contributed by atoms with Gasteiger partial charge >= 0.3 is 0 Å². The van der Waals surface area contributed by atoms with Crippen LogP contribution in [0.15, 0.2) is 0 Å². The molecular formula is C32H56O. The Bertz CT molecular complexity index is 779. The van der Waals surface area contributed by atoms with E-state index < -0.39 is 0 Å². The maximum atomic E-state index is 10.9. The minimum absolute atomic E-state index is 0.0847. The van der Waals surface area contributed by atoms with E-state index in [1.807, 2.05) is 0 Å². The third kappa shape index (κ3) is 2.99. The fraction of sp³-hybridized carbons (Fsp3) is 1.00. The minimum Gasteiger partial charge on any atom is -0.393 e. The predicted octanol–water partition coefficient (Wildman–Crippen LogP) is 8.88. The zero-order valence-corrected chi connectivity index (χ0v) is 23.7. The molecule has 1 N–H and O–H groups in total. The molecule has 2 spiro atoms. The summed E-state index contributed by atoms with van der Waals surface area (Å²) in [5.41, 5.74) is 2.85. The van der Waals surface area contributed by atoms with Crippen LogP contribution < -0.4 is 0 Å². The molecule has 5 aliphatic carbocycles. The molecule has 0 aromatic rings. The van der Waals surface area contributed by atoms with Crippen molar-refractivity contribution in [2.75, 3.05) is 0 Å². The van der Waals surface area contributed by atoms with Crippen LogP contribution in [0, 0.1) is 62.1 Å². The van der Waals surface area contributed by atoms with Crippen molar-refractivity contribution in [3.05, 3.63) is 0 Å². The van der Waals surface area contributed by atoms with Crippen LogP contribution in [-0.2, 0) is 0 Å². The molecule has 0 saturated heterocycles. The number of hydrogen-bond donors (Lipinski definition) is 1. The largest absolute Gasteiger partial charge is 0.393 e. The van der Waals surface area contributed by atoms with Gasteiger partial charge in [-0.2, -0.15) is 0 Å². The monoisotopic (exact) mass is 456 g/mol. The van der Waals surface area contributed by atoms with Gasteiger partial charge in [0.15, 0.2) is 0 Å². The second kappa shape index (κ2) is 7.26. The fourth-order valence-electron chi connectivity index (χ4n) is 11.4. The Morgan fingerprint density at radius 1 is 0.788 bits per heavy atom. The quantitative estimate of drug-likeness (QED) is 0.438. The van der Waals surface area contributed by atoms with Crippen molar-refractivity contribution in [2.24, 2.45) is 62.1 Å². The third-order valence-electron chi connectivity index (χ3n) is 14.6. The zero-order chi connectivity index (χ0) is 24.2. The normalized spacial score (nSPS) is 51.4. The Hall–Kier alpha value is -0.0400. The smallest absolute Gasteiger partial charge is 0.0594 e. The summed E-state index contributed by atoms with van der Waals surface area (Å²) in [6.45, 7) is 22.7. The molecule has 0 heterocycles. The highest BCUT2D eigenvalue weighted by molar-refractivity contribution is 5.30. The molecule has 9 atom stereocenters. The SMILES string of the molecule is CC(CCC(C)(C)C(C)C)C1CCC2(C)C3CCC4C(C)(C)C(O)CCC45CC35CCC12C. The lowest BCUT2D eigenvalue weighted by Gasteiger charge is -2.63. The molecule has 5 aliphatic rings. The van der Waals surface area contributed by atoms with E-state index in [1.165, 1.54) is 64.2 Å². The van der Waals surface area contributed by atoms with Gasteiger partial charge in [-0.3, -0.25) is 0 Å². The van der Waals surface area contributed by atoms with Crippen LogP contribution in [0.5, 0.6) is 0 Å². The van der Waals surface area contributed by atoms with Crippen molar-refractivity contribution in [1.29, 1.82) is 0 Å². The first kappa shape index (κ1) is 24.6. The standard InChI is InChI=1S/C32H56O/c1-21(2)27(4,5)15-12-22(3)23-13-16-30(9)25-11-10-24-28(6,7)26(33)14-17-31(24)20-32(25,31)19-18-29(23,30)8/h21-26,33H,10-20H2,1-9H3. The minimum atomic E-state index is -0.0847. The molecule has 0 amide bonds. The molecule has 0 bridgehead atoms. The summed E-state index contributed by atoms with van der Waals surface area (Å²) in [6.07, 6.45) is 15.3. The van der Waals surface area contributed by atoms with Gasteiger partial charge in [0.25, 0.3) is 0 Å². The third-order valence-corrected chi connectivity index (χ3v) is 14.6. The molecule has 1 heteroatoms. The van der Waals surface area contributed by atoms with Crippen LogP contribution in [0.4, 0.5) is 0 Å². The Morgan fingerprint density at radius 3 is 2.09 bits per heavy atom. The maximum Gasteiger partial charge on any atom is 0.0594 e. The lowest BCUT2D eigenvalue weighted by Crippen LogP contribution is -2.57. The lowest BCUT2D eigenvalue weighted by atomic mass is 9.41. The van der Waals surface area contributed by atoms with Crippen molar-refractivity contribution < 1.29 is 5.11 Å². The van der Waals surface area contributed by atoms with Gasteiger partial charge in [-0.15, -0.1) is 0 Å². The van der Waals surface area contributed by atoms with E-state index in [4.69, 9.17) is 0 Å². The summed E-state index contributed by atoms with van der Waals surface area (Å²) in [4.78, 5) is 0. The van der Waals surface area contributed by atoms with E-state index in [9.17, 15) is 5.11 Å². The molecule has 190 valence electrons. The Balaban J connectivity index is 1.38. The first-order valence-electron chi connectivity index (χ1n) is 14.9. The Labute approximate surface area is 206 Å². The molecule has 0 radical (unpaired) electrons. The average Bonchev–Trinajstić information content (AvgIpc) is 3.32. The summed E-state index contributed by atoms with van der Waals surface area (Å²) in [6, 6.07) is 0. The molecule has 1 nitrogen and oxygen atoms in total. The van der Waals surface area contributed by atoms with Gasteiger partial charge in [0.1, 0.15) is 0 Å². The Kier molecular flexibility index (Phi) is 5.42. The van der Waals surface area contributed by atoms with Crippen LogP contribution in [0.2, 0.25) is 0 Å². The highest BCUT2D eigenvalue weighted by Gasteiger charge is 2.82. The number of fused-ring (bicyclic) bond motifs is 2. The molecule has 5 rings (SSSR count). The molecule has 5 fully saturated rings. The van der Waals surface area contributed by atoms with E-state index >= 15 is 0 Å². The average molecular weight is 457 g/mol. The lowest BCUT2D eigenvalue weighted by molar-refractivity contribution is -0.161. The molecule has 0 aliphatic heterocycles. The van der Waals surface area contributed by atoms with E-state index in [2.05, 4.69) is 62.3 Å². The van der Waals surface area contributed by atoms with Crippen LogP contribution in [-0.4, -0.2) is 11.2 Å². The summed E-state index contributed by atoms with van der Waals surface area (Å²) in [5, 5.41) is 10.9. The number of hydrogen-bond acceptors (Lipinski definition) is 1. The highest BCUT2D eigenvalue weighted by Crippen LogP contribution is 2.89. The second-order valence-corrected chi connectivity index (χ2v) is 16.2. The zero-order valence-electron chi connectivity index (χ0n) is 23.7. The number of rotatable bonds is 5. The van der Waals surface area contributed by atoms with E-state index in [1.54, 1.807) is 0 Å². The van der Waals surface area contributed by atoms with Gasteiger partial charge in [-0.25, -0.2) is 0 Å². The second-order valence-electron chi connectivity index (χ2n) is 16.2. The van der Waals surface area contributed by atoms with Crippen LogP contribution >= 0.6 is 0 Å². The summed E-state index contributed by atoms with van der Waals surface area (Å²) in [7, 11) is 0. The topological polar surface area (TPSA) is 20.2 Å². The molecule has 0 aromatic carbocycles. The van der Waals surface area contributed by atoms with Crippen molar-refractivity contribution >= 4 is 0 Å². The first-order valence-corrected chi connectivity index (χ1v) is 14.9. The fourth-order valence-corrected chi connectivity index (χ4v) is 11.4. The summed E-state index contributed by atoms with van der Waals surface area (Å²) < 4.78 is 0. The van der Waals surface area contributed by atoms with Gasteiger partial charge in [-0.05, 0) is 133 Å². The van der Waals surface area contributed by atoms with Gasteiger partial charge in [-0.1, -0.05) is 62.3 Å². The van der Waals surface area contributed by atoms with Gasteiger partial charge in [0, 0.05) is 0 Å². The first-order chi connectivity index (χ1) is 15.2. The maximum absolute atomic E-state index is 10.9. The molecule has 0 aromatic heterocycles. The van der Waals surface area contributed by atoms with Gasteiger partial charge in [0.2, 0.25) is 0 Å². The van der Waals surface area contributed by atoms with E-state index in [0.717, 1.165) is 36.0 Å². The number of aliphatic hydroxyl groups is 1. The van der Waals surface area contributed by atoms with Gasteiger partial charge < -0.3 is 5.11 Å². The summed E-state index contributed by atoms with van der Waals surface area (Å²) >= 11 is 0. The summed E-state index contributed by atoms with van der Waals surface area (Å²) in [5.74, 6) is 4.24. The van der Waals surface area contributed by atoms with Gasteiger partial charge in [0.05, 0.1) is 6.10 Å². The van der Waals surface area contributed by atoms with Crippen LogP contribution in [0.1, 0.15) is 133 Å². The van der Waals surface area contributed by atoms with Crippen molar-refractivity contribution in [3.8, 4) is 0 Å². The molecule has 33 heavy (non-hydrogen) atoms. The molecule has 9 unspecified atom stereocenters. The predicted molar refractivity (Wildman–Crippen MR) is 140 cm³/mol. The van der Waals surface area contributed by atoms with Crippen molar-refractivity contribution in [2.45, 2.75) is 139 Å². The van der Waals surface area contributed by atoms with E-state index in [0.29, 0.717) is 27.1 Å². The molecule has 5 saturated carbocycles. The van der Waals surface area contributed by atoms with Crippen LogP contribution in [0.25, 0.3) is 0 Å². The molecular weight excluding hydrogens is 400 g/mol.